The van der Waals surface area contributed by atoms with Crippen LogP contribution in [0.4, 0.5) is 5.69 Å². The maximum absolute atomic E-state index is 12.5. The number of nitro benzene ring substituents is 1. The van der Waals surface area contributed by atoms with Crippen LogP contribution in [0.25, 0.3) is 0 Å². The number of hydrogen-bond acceptors (Lipinski definition) is 5. The van der Waals surface area contributed by atoms with Gasteiger partial charge in [0.05, 0.1) is 18.1 Å². The van der Waals surface area contributed by atoms with Crippen molar-refractivity contribution in [1.29, 1.82) is 0 Å². The zero-order chi connectivity index (χ0) is 19.3. The number of methoxy groups -OCH3 is 1. The Kier molecular flexibility index (Phi) is 6.30. The van der Waals surface area contributed by atoms with Crippen LogP contribution in [0.15, 0.2) is 42.5 Å². The van der Waals surface area contributed by atoms with Crippen molar-refractivity contribution in [1.82, 2.24) is 10.2 Å². The fourth-order valence-corrected chi connectivity index (χ4v) is 2.75. The number of carbonyl (C=O) groups excluding carboxylic acids is 1. The first kappa shape index (κ1) is 19.4. The molecular formula is C19H23N3O4. The molecule has 7 heteroatoms. The van der Waals surface area contributed by atoms with E-state index in [2.05, 4.69) is 5.32 Å². The zero-order valence-electron chi connectivity index (χ0n) is 15.4. The number of rotatable bonds is 7. The number of nitro groups is 1. The van der Waals surface area contributed by atoms with Crippen LogP contribution in [0.3, 0.4) is 0 Å². The minimum atomic E-state index is -0.483. The summed E-state index contributed by atoms with van der Waals surface area (Å²) in [5.74, 6) is 0.390. The SMILES string of the molecule is COc1ccccc1C(CNC(=O)c1ccc(C)c([N+](=O)[O-])c1)N(C)C. The molecule has 138 valence electrons. The number of likely N-dealkylation sites (N-methyl/N-ethyl adjacent to an activating group) is 1. The summed E-state index contributed by atoms with van der Waals surface area (Å²) >= 11 is 0. The minimum Gasteiger partial charge on any atom is -0.496 e. The number of carbonyl (C=O) groups is 1. The van der Waals surface area contributed by atoms with Gasteiger partial charge in [-0.2, -0.15) is 0 Å². The Hall–Kier alpha value is -2.93. The monoisotopic (exact) mass is 357 g/mol. The van der Waals surface area contributed by atoms with Gasteiger partial charge < -0.3 is 15.0 Å². The lowest BCUT2D eigenvalue weighted by atomic mass is 10.0. The van der Waals surface area contributed by atoms with E-state index in [0.29, 0.717) is 12.1 Å². The number of amides is 1. The summed E-state index contributed by atoms with van der Waals surface area (Å²) in [5.41, 5.74) is 1.67. The highest BCUT2D eigenvalue weighted by molar-refractivity contribution is 5.95. The molecule has 2 aromatic carbocycles. The Labute approximate surface area is 152 Å². The molecule has 0 fully saturated rings. The highest BCUT2D eigenvalue weighted by Gasteiger charge is 2.20. The maximum atomic E-state index is 12.5. The lowest BCUT2D eigenvalue weighted by Gasteiger charge is -2.26. The Morgan fingerprint density at radius 3 is 2.58 bits per heavy atom. The first-order valence-electron chi connectivity index (χ1n) is 8.17. The number of nitrogens with one attached hydrogen (secondary N) is 1. The number of hydrogen-bond donors (Lipinski definition) is 1. The summed E-state index contributed by atoms with van der Waals surface area (Å²) in [7, 11) is 5.44. The lowest BCUT2D eigenvalue weighted by Crippen LogP contribution is -2.34. The number of benzene rings is 2. The molecule has 0 saturated heterocycles. The van der Waals surface area contributed by atoms with Crippen LogP contribution < -0.4 is 10.1 Å². The molecule has 0 bridgehead atoms. The molecule has 1 amide bonds. The topological polar surface area (TPSA) is 84.7 Å². The summed E-state index contributed by atoms with van der Waals surface area (Å²) in [6.07, 6.45) is 0. The molecule has 0 spiro atoms. The first-order chi connectivity index (χ1) is 12.3. The van der Waals surface area contributed by atoms with E-state index in [1.165, 1.54) is 6.07 Å². The van der Waals surface area contributed by atoms with Crippen LogP contribution in [0, 0.1) is 17.0 Å². The summed E-state index contributed by atoms with van der Waals surface area (Å²) in [6, 6.07) is 12.0. The molecule has 0 heterocycles. The highest BCUT2D eigenvalue weighted by Crippen LogP contribution is 2.27. The molecular weight excluding hydrogens is 334 g/mol. The van der Waals surface area contributed by atoms with Gasteiger partial charge in [-0.15, -0.1) is 0 Å². The van der Waals surface area contributed by atoms with E-state index in [1.54, 1.807) is 26.2 Å². The van der Waals surface area contributed by atoms with Crippen molar-refractivity contribution in [2.24, 2.45) is 0 Å². The van der Waals surface area contributed by atoms with Crippen molar-refractivity contribution in [2.45, 2.75) is 13.0 Å². The minimum absolute atomic E-state index is 0.0634. The van der Waals surface area contributed by atoms with Crippen molar-refractivity contribution in [3.8, 4) is 5.75 Å². The van der Waals surface area contributed by atoms with E-state index >= 15 is 0 Å². The molecule has 0 radical (unpaired) electrons. The van der Waals surface area contributed by atoms with Gasteiger partial charge in [-0.25, -0.2) is 0 Å². The van der Waals surface area contributed by atoms with E-state index in [-0.39, 0.29) is 23.2 Å². The molecule has 2 aromatic rings. The van der Waals surface area contributed by atoms with Crippen molar-refractivity contribution in [3.05, 3.63) is 69.3 Å². The molecule has 26 heavy (non-hydrogen) atoms. The van der Waals surface area contributed by atoms with Gasteiger partial charge >= 0.3 is 0 Å². The quantitative estimate of drug-likeness (QED) is 0.608. The third-order valence-corrected chi connectivity index (χ3v) is 4.25. The van der Waals surface area contributed by atoms with Crippen molar-refractivity contribution >= 4 is 11.6 Å². The molecule has 0 aromatic heterocycles. The Bertz CT molecular complexity index is 805. The van der Waals surface area contributed by atoms with Crippen molar-refractivity contribution < 1.29 is 14.5 Å². The Balaban J connectivity index is 2.18. The number of ether oxygens (including phenoxy) is 1. The molecule has 0 aliphatic rings. The standard InChI is InChI=1S/C19H23N3O4/c1-13-9-10-14(11-16(13)22(24)25)19(23)20-12-17(21(2)3)15-7-5-6-8-18(15)26-4/h5-11,17H,12H2,1-4H3,(H,20,23). The first-order valence-corrected chi connectivity index (χ1v) is 8.17. The molecule has 7 nitrogen and oxygen atoms in total. The summed E-state index contributed by atoms with van der Waals surface area (Å²) < 4.78 is 5.41. The average Bonchev–Trinajstić information content (AvgIpc) is 2.61. The van der Waals surface area contributed by atoms with Crippen LogP contribution in [-0.4, -0.2) is 43.5 Å². The van der Waals surface area contributed by atoms with E-state index in [4.69, 9.17) is 4.74 Å². The molecule has 1 unspecified atom stereocenters. The zero-order valence-corrected chi connectivity index (χ0v) is 15.4. The molecule has 0 aliphatic carbocycles. The van der Waals surface area contributed by atoms with E-state index in [9.17, 15) is 14.9 Å². The number of nitrogens with zero attached hydrogens (tertiary/aromatic N) is 2. The Morgan fingerprint density at radius 1 is 1.27 bits per heavy atom. The highest BCUT2D eigenvalue weighted by atomic mass is 16.6. The summed E-state index contributed by atoms with van der Waals surface area (Å²) in [5, 5.41) is 13.9. The van der Waals surface area contributed by atoms with Gasteiger partial charge in [-0.3, -0.25) is 14.9 Å². The molecule has 0 saturated carbocycles. The normalized spacial score (nSPS) is 11.9. The molecule has 0 aliphatic heterocycles. The van der Waals surface area contributed by atoms with E-state index in [0.717, 1.165) is 11.3 Å². The second kappa shape index (κ2) is 8.44. The van der Waals surface area contributed by atoms with Gasteiger partial charge in [0.25, 0.3) is 11.6 Å². The second-order valence-corrected chi connectivity index (χ2v) is 6.19. The number of aryl methyl sites for hydroxylation is 1. The predicted octanol–water partition coefficient (Wildman–Crippen LogP) is 2.94. The number of para-hydroxylation sites is 1. The van der Waals surface area contributed by atoms with Crippen LogP contribution in [0.1, 0.15) is 27.5 Å². The third-order valence-electron chi connectivity index (χ3n) is 4.25. The van der Waals surface area contributed by atoms with Crippen molar-refractivity contribution in [3.63, 3.8) is 0 Å². The average molecular weight is 357 g/mol. The van der Waals surface area contributed by atoms with Gasteiger partial charge in [0.15, 0.2) is 0 Å². The Morgan fingerprint density at radius 2 is 1.96 bits per heavy atom. The summed E-state index contributed by atoms with van der Waals surface area (Å²) in [4.78, 5) is 25.0. The molecule has 1 atom stereocenters. The van der Waals surface area contributed by atoms with Crippen LogP contribution >= 0.6 is 0 Å². The maximum Gasteiger partial charge on any atom is 0.273 e. The van der Waals surface area contributed by atoms with Gasteiger partial charge in [-0.05, 0) is 33.2 Å². The second-order valence-electron chi connectivity index (χ2n) is 6.19. The van der Waals surface area contributed by atoms with Gasteiger partial charge in [0.1, 0.15) is 5.75 Å². The van der Waals surface area contributed by atoms with Gasteiger partial charge in [0, 0.05) is 29.3 Å². The molecule has 1 N–H and O–H groups in total. The van der Waals surface area contributed by atoms with E-state index in [1.807, 2.05) is 43.3 Å². The smallest absolute Gasteiger partial charge is 0.273 e. The largest absolute Gasteiger partial charge is 0.496 e. The third kappa shape index (κ3) is 4.37. The van der Waals surface area contributed by atoms with Crippen molar-refractivity contribution in [2.75, 3.05) is 27.7 Å². The fraction of sp³-hybridized carbons (Fsp3) is 0.316. The molecule has 2 rings (SSSR count). The van der Waals surface area contributed by atoms with Gasteiger partial charge in [0.2, 0.25) is 0 Å². The lowest BCUT2D eigenvalue weighted by molar-refractivity contribution is -0.385. The predicted molar refractivity (Wildman–Crippen MR) is 99.6 cm³/mol. The summed E-state index contributed by atoms with van der Waals surface area (Å²) in [6.45, 7) is 1.98. The van der Waals surface area contributed by atoms with E-state index < -0.39 is 4.92 Å². The van der Waals surface area contributed by atoms with Crippen LogP contribution in [0.2, 0.25) is 0 Å². The van der Waals surface area contributed by atoms with Crippen LogP contribution in [-0.2, 0) is 0 Å². The fourth-order valence-electron chi connectivity index (χ4n) is 2.75. The van der Waals surface area contributed by atoms with Crippen LogP contribution in [0.5, 0.6) is 5.75 Å². The van der Waals surface area contributed by atoms with Gasteiger partial charge in [-0.1, -0.05) is 24.3 Å².